The number of fused-ring (bicyclic) bond motifs is 4. The van der Waals surface area contributed by atoms with Gasteiger partial charge in [-0.1, -0.05) is 12.1 Å². The maximum absolute atomic E-state index is 12.9. The molecular formula is C20H23N5O2. The number of piperidine rings is 1. The van der Waals surface area contributed by atoms with Crippen molar-refractivity contribution in [1.82, 2.24) is 20.2 Å². The normalized spacial score (nSPS) is 21.6. The molecule has 2 aromatic rings. The summed E-state index contributed by atoms with van der Waals surface area (Å²) in [4.78, 5) is 35.5. The van der Waals surface area contributed by atoms with Crippen LogP contribution in [0, 0.1) is 12.8 Å². The second kappa shape index (κ2) is 6.98. The maximum atomic E-state index is 12.9. The molecule has 7 nitrogen and oxygen atoms in total. The number of aryl methyl sites for hydroxylation is 1. The Labute approximate surface area is 158 Å². The Bertz CT molecular complexity index is 880. The van der Waals surface area contributed by atoms with Crippen molar-refractivity contribution in [1.29, 1.82) is 0 Å². The second-order valence-electron chi connectivity index (χ2n) is 7.24. The van der Waals surface area contributed by atoms with Gasteiger partial charge in [0.2, 0.25) is 11.9 Å². The zero-order chi connectivity index (χ0) is 19.0. The van der Waals surface area contributed by atoms with Crippen LogP contribution in [0.1, 0.15) is 28.9 Å². The monoisotopic (exact) mass is 365 g/mol. The smallest absolute Gasteiger partial charge is 0.253 e. The van der Waals surface area contributed by atoms with Crippen LogP contribution in [-0.2, 0) is 4.79 Å². The van der Waals surface area contributed by atoms with Crippen LogP contribution in [0.4, 0.5) is 5.95 Å². The van der Waals surface area contributed by atoms with E-state index in [9.17, 15) is 9.59 Å². The fourth-order valence-corrected chi connectivity index (χ4v) is 3.80. The van der Waals surface area contributed by atoms with E-state index in [1.54, 1.807) is 7.05 Å². The van der Waals surface area contributed by atoms with Gasteiger partial charge in [0.15, 0.2) is 0 Å². The number of nitrogens with one attached hydrogen (secondary N) is 2. The molecule has 0 radical (unpaired) electrons. The molecule has 3 aliphatic heterocycles. The van der Waals surface area contributed by atoms with Crippen LogP contribution in [0.25, 0.3) is 11.3 Å². The van der Waals surface area contributed by atoms with E-state index in [1.165, 1.54) is 0 Å². The van der Waals surface area contributed by atoms with Crippen LogP contribution in [0.3, 0.4) is 0 Å². The number of carbonyl (C=O) groups is 2. The summed E-state index contributed by atoms with van der Waals surface area (Å²) >= 11 is 0. The Morgan fingerprint density at radius 2 is 1.96 bits per heavy atom. The lowest BCUT2D eigenvalue weighted by Crippen LogP contribution is -2.43. The van der Waals surface area contributed by atoms with Gasteiger partial charge in [-0.05, 0) is 38.0 Å². The molecule has 4 heterocycles. The lowest BCUT2D eigenvalue weighted by atomic mass is 9.96. The first-order valence-corrected chi connectivity index (χ1v) is 9.27. The van der Waals surface area contributed by atoms with E-state index in [1.807, 2.05) is 42.2 Å². The van der Waals surface area contributed by atoms with E-state index in [4.69, 9.17) is 0 Å². The molecule has 3 fully saturated rings. The minimum Gasteiger partial charge on any atom is -0.357 e. The molecule has 3 saturated heterocycles. The average Bonchev–Trinajstić information content (AvgIpc) is 2.98. The van der Waals surface area contributed by atoms with Crippen molar-refractivity contribution in [3.05, 3.63) is 41.6 Å². The summed E-state index contributed by atoms with van der Waals surface area (Å²) in [5.74, 6) is 0.541. The molecule has 3 aliphatic rings. The highest BCUT2D eigenvalue weighted by molar-refractivity contribution is 5.95. The van der Waals surface area contributed by atoms with E-state index in [0.29, 0.717) is 24.6 Å². The molecule has 27 heavy (non-hydrogen) atoms. The molecule has 7 heteroatoms. The number of carbonyl (C=O) groups excluding carboxylic acids is 2. The van der Waals surface area contributed by atoms with Crippen LogP contribution in [0.2, 0.25) is 0 Å². The van der Waals surface area contributed by atoms with Gasteiger partial charge in [0.05, 0.1) is 11.6 Å². The van der Waals surface area contributed by atoms with Crippen LogP contribution in [-0.4, -0.2) is 52.9 Å². The van der Waals surface area contributed by atoms with E-state index in [-0.39, 0.29) is 23.8 Å². The zero-order valence-corrected chi connectivity index (χ0v) is 15.5. The standard InChI is InChI=1S/C20H23N5O2/c1-12-9-17(24-20(21-2)22-12)13-3-5-14(6-4-13)19(27)25-10-15-7-8-16(11-25)23-18(15)26/h3-6,9,15-16H,7-8,10-11H2,1-2H3,(H,23,26)(H,21,22,24). The lowest BCUT2D eigenvalue weighted by Gasteiger charge is -2.23. The van der Waals surface area contributed by atoms with Crippen molar-refractivity contribution in [2.45, 2.75) is 25.8 Å². The largest absolute Gasteiger partial charge is 0.357 e. The van der Waals surface area contributed by atoms with Crippen molar-refractivity contribution < 1.29 is 9.59 Å². The van der Waals surface area contributed by atoms with Crippen LogP contribution in [0.5, 0.6) is 0 Å². The highest BCUT2D eigenvalue weighted by atomic mass is 16.2. The Balaban J connectivity index is 1.55. The first-order valence-electron chi connectivity index (χ1n) is 9.27. The summed E-state index contributed by atoms with van der Waals surface area (Å²) in [6.45, 7) is 3.01. The number of benzene rings is 1. The second-order valence-corrected chi connectivity index (χ2v) is 7.24. The summed E-state index contributed by atoms with van der Waals surface area (Å²) in [7, 11) is 1.79. The van der Waals surface area contributed by atoms with Gasteiger partial charge in [-0.3, -0.25) is 9.59 Å². The minimum atomic E-state index is -0.0871. The molecule has 0 aliphatic carbocycles. The first kappa shape index (κ1) is 17.5. The lowest BCUT2D eigenvalue weighted by molar-refractivity contribution is -0.126. The van der Waals surface area contributed by atoms with Crippen molar-refractivity contribution in [3.63, 3.8) is 0 Å². The summed E-state index contributed by atoms with van der Waals surface area (Å²) in [6, 6.07) is 9.46. The van der Waals surface area contributed by atoms with Gasteiger partial charge < -0.3 is 15.5 Å². The van der Waals surface area contributed by atoms with Crippen molar-refractivity contribution in [2.75, 3.05) is 25.5 Å². The van der Waals surface area contributed by atoms with E-state index in [2.05, 4.69) is 20.6 Å². The van der Waals surface area contributed by atoms with Crippen molar-refractivity contribution >= 4 is 17.8 Å². The molecule has 1 aromatic heterocycles. The molecule has 2 N–H and O–H groups in total. The number of hydrogen-bond acceptors (Lipinski definition) is 5. The minimum absolute atomic E-state index is 0.0234. The molecule has 2 unspecified atom stereocenters. The Morgan fingerprint density at radius 3 is 2.67 bits per heavy atom. The van der Waals surface area contributed by atoms with Gasteiger partial charge in [0, 0.05) is 43.0 Å². The molecule has 0 saturated carbocycles. The molecule has 1 aromatic carbocycles. The number of anilines is 1. The third-order valence-electron chi connectivity index (χ3n) is 5.25. The molecule has 0 spiro atoms. The molecular weight excluding hydrogens is 342 g/mol. The molecule has 2 atom stereocenters. The summed E-state index contributed by atoms with van der Waals surface area (Å²) in [5, 5.41) is 5.97. The van der Waals surface area contributed by atoms with Gasteiger partial charge in [-0.15, -0.1) is 0 Å². The van der Waals surface area contributed by atoms with Gasteiger partial charge in [-0.25, -0.2) is 9.97 Å². The van der Waals surface area contributed by atoms with E-state index >= 15 is 0 Å². The Hall–Kier alpha value is -2.96. The third kappa shape index (κ3) is 3.49. The molecule has 140 valence electrons. The van der Waals surface area contributed by atoms with Gasteiger partial charge >= 0.3 is 0 Å². The van der Waals surface area contributed by atoms with Crippen LogP contribution < -0.4 is 10.6 Å². The number of nitrogens with zero attached hydrogens (tertiary/aromatic N) is 3. The van der Waals surface area contributed by atoms with Crippen molar-refractivity contribution in [2.24, 2.45) is 5.92 Å². The van der Waals surface area contributed by atoms with Crippen molar-refractivity contribution in [3.8, 4) is 11.3 Å². The Kier molecular flexibility index (Phi) is 4.51. The average molecular weight is 365 g/mol. The molecule has 2 bridgehead atoms. The highest BCUT2D eigenvalue weighted by Crippen LogP contribution is 2.25. The first-order chi connectivity index (χ1) is 13.0. The summed E-state index contributed by atoms with van der Waals surface area (Å²) in [5.41, 5.74) is 3.25. The number of aromatic nitrogens is 2. The molecule has 5 rings (SSSR count). The topological polar surface area (TPSA) is 87.2 Å². The SMILES string of the molecule is CNc1nc(C)cc(-c2ccc(C(=O)N3CC4CCC(C3)C(=O)N4)cc2)n1. The van der Waals surface area contributed by atoms with Crippen LogP contribution in [0.15, 0.2) is 30.3 Å². The van der Waals surface area contributed by atoms with Crippen LogP contribution >= 0.6 is 0 Å². The van der Waals surface area contributed by atoms with Gasteiger partial charge in [0.25, 0.3) is 5.91 Å². The predicted molar refractivity (Wildman–Crippen MR) is 102 cm³/mol. The number of rotatable bonds is 3. The van der Waals surface area contributed by atoms with E-state index < -0.39 is 0 Å². The maximum Gasteiger partial charge on any atom is 0.253 e. The summed E-state index contributed by atoms with van der Waals surface area (Å²) < 4.78 is 0. The summed E-state index contributed by atoms with van der Waals surface area (Å²) in [6.07, 6.45) is 1.81. The third-order valence-corrected chi connectivity index (χ3v) is 5.25. The van der Waals surface area contributed by atoms with Gasteiger partial charge in [0.1, 0.15) is 0 Å². The number of hydrogen-bond donors (Lipinski definition) is 2. The Morgan fingerprint density at radius 1 is 1.19 bits per heavy atom. The fraction of sp³-hybridized carbons (Fsp3) is 0.400. The van der Waals surface area contributed by atoms with E-state index in [0.717, 1.165) is 29.8 Å². The zero-order valence-electron chi connectivity index (χ0n) is 15.5. The quantitative estimate of drug-likeness (QED) is 0.867. The fourth-order valence-electron chi connectivity index (χ4n) is 3.80. The predicted octanol–water partition coefficient (Wildman–Crippen LogP) is 1.84. The molecule has 2 amide bonds. The van der Waals surface area contributed by atoms with Gasteiger partial charge in [-0.2, -0.15) is 0 Å². The highest BCUT2D eigenvalue weighted by Gasteiger charge is 2.36. The number of amides is 2.